The molecule has 198 valence electrons. The molecule has 0 aliphatic heterocycles. The molecule has 0 unspecified atom stereocenters. The number of halogens is 2. The summed E-state index contributed by atoms with van der Waals surface area (Å²) >= 11 is 0. The van der Waals surface area contributed by atoms with Gasteiger partial charge in [-0.1, -0.05) is 0 Å². The van der Waals surface area contributed by atoms with Crippen molar-refractivity contribution < 1.29 is 35.1 Å². The molecule has 0 aromatic heterocycles. The van der Waals surface area contributed by atoms with Gasteiger partial charge in [0, 0.05) is 6.04 Å². The number of nitrogens with one attached hydrogen (secondary N) is 2. The van der Waals surface area contributed by atoms with Gasteiger partial charge in [0.1, 0.15) is 23.9 Å². The third kappa shape index (κ3) is 6.81. The number of anilines is 2. The zero-order valence-electron chi connectivity index (χ0n) is 20.1. The second-order valence-corrected chi connectivity index (χ2v) is 11.7. The molecule has 3 aromatic carbocycles. The molecule has 0 saturated carbocycles. The van der Waals surface area contributed by atoms with Crippen LogP contribution in [0.25, 0.3) is 0 Å². The Balaban J connectivity index is 1.97. The number of amides is 1. The van der Waals surface area contributed by atoms with Crippen molar-refractivity contribution in [2.45, 2.75) is 29.7 Å². The zero-order chi connectivity index (χ0) is 27.4. The summed E-state index contributed by atoms with van der Waals surface area (Å²) < 4.78 is 87.1. The SMILES string of the molecule is COc1ccc(S(=O)(=O)NC(C)C)cc1NC(=O)CN(c1ccc(F)cc1)S(=O)(=O)c1ccc(F)cc1. The number of carbonyl (C=O) groups excluding carboxylic acids is 1. The van der Waals surface area contributed by atoms with Gasteiger partial charge in [0.05, 0.1) is 28.3 Å². The standard InChI is InChI=1S/C24H25F2N3O6S2/c1-16(2)28-36(31,32)21-12-13-23(35-3)22(14-21)27-24(30)15-29(19-8-4-17(25)5-9-19)37(33,34)20-10-6-18(26)7-11-20/h4-14,16,28H,15H2,1-3H3,(H,27,30). The molecular weight excluding hydrogens is 528 g/mol. The number of nitrogens with zero attached hydrogens (tertiary/aromatic N) is 1. The van der Waals surface area contributed by atoms with Gasteiger partial charge in [0.2, 0.25) is 15.9 Å². The van der Waals surface area contributed by atoms with E-state index in [4.69, 9.17) is 4.74 Å². The molecule has 3 rings (SSSR count). The van der Waals surface area contributed by atoms with Crippen molar-refractivity contribution in [3.63, 3.8) is 0 Å². The number of hydrogen-bond acceptors (Lipinski definition) is 6. The molecule has 0 spiro atoms. The minimum atomic E-state index is -4.39. The topological polar surface area (TPSA) is 122 Å². The number of sulfonamides is 2. The molecule has 37 heavy (non-hydrogen) atoms. The van der Waals surface area contributed by atoms with Gasteiger partial charge in [-0.05, 0) is 80.6 Å². The monoisotopic (exact) mass is 553 g/mol. The Morgan fingerprint density at radius 2 is 1.43 bits per heavy atom. The molecule has 0 fully saturated rings. The van der Waals surface area contributed by atoms with Crippen molar-refractivity contribution in [2.24, 2.45) is 0 Å². The van der Waals surface area contributed by atoms with E-state index < -0.39 is 44.1 Å². The Morgan fingerprint density at radius 1 is 0.892 bits per heavy atom. The lowest BCUT2D eigenvalue weighted by atomic mass is 10.3. The number of hydrogen-bond donors (Lipinski definition) is 2. The number of rotatable bonds is 10. The van der Waals surface area contributed by atoms with Crippen molar-refractivity contribution in [3.8, 4) is 5.75 Å². The van der Waals surface area contributed by atoms with Gasteiger partial charge in [-0.15, -0.1) is 0 Å². The summed E-state index contributed by atoms with van der Waals surface area (Å²) in [5.41, 5.74) is -0.0392. The van der Waals surface area contributed by atoms with E-state index in [0.717, 1.165) is 40.7 Å². The molecule has 13 heteroatoms. The average molecular weight is 554 g/mol. The average Bonchev–Trinajstić information content (AvgIpc) is 2.82. The van der Waals surface area contributed by atoms with Crippen molar-refractivity contribution >= 4 is 37.3 Å². The molecule has 0 aliphatic carbocycles. The smallest absolute Gasteiger partial charge is 0.264 e. The van der Waals surface area contributed by atoms with Crippen LogP contribution in [0.15, 0.2) is 76.5 Å². The van der Waals surface area contributed by atoms with Gasteiger partial charge in [-0.3, -0.25) is 9.10 Å². The molecule has 0 heterocycles. The summed E-state index contributed by atoms with van der Waals surface area (Å²) in [7, 11) is -6.98. The van der Waals surface area contributed by atoms with Gasteiger partial charge in [-0.2, -0.15) is 0 Å². The largest absolute Gasteiger partial charge is 0.495 e. The second kappa shape index (κ2) is 11.2. The first kappa shape index (κ1) is 28.0. The fourth-order valence-electron chi connectivity index (χ4n) is 3.31. The number of benzene rings is 3. The third-order valence-corrected chi connectivity index (χ3v) is 8.39. The second-order valence-electron chi connectivity index (χ2n) is 8.13. The lowest BCUT2D eigenvalue weighted by Crippen LogP contribution is -2.38. The molecule has 0 saturated heterocycles. The third-order valence-electron chi connectivity index (χ3n) is 4.95. The molecular formula is C24H25F2N3O6S2. The Labute approximate surface area is 214 Å². The van der Waals surface area contributed by atoms with Crippen LogP contribution in [0, 0.1) is 11.6 Å². The summed E-state index contributed by atoms with van der Waals surface area (Å²) in [5, 5.41) is 2.48. The van der Waals surface area contributed by atoms with Crippen molar-refractivity contribution in [1.82, 2.24) is 4.72 Å². The van der Waals surface area contributed by atoms with E-state index in [1.165, 1.54) is 37.4 Å². The minimum absolute atomic E-state index is 0.0163. The van der Waals surface area contributed by atoms with E-state index in [-0.39, 0.29) is 33.0 Å². The summed E-state index contributed by atoms with van der Waals surface area (Å²) in [6.45, 7) is 2.53. The van der Waals surface area contributed by atoms with E-state index in [9.17, 15) is 30.4 Å². The Hall–Kier alpha value is -3.55. The summed E-state index contributed by atoms with van der Waals surface area (Å²) in [4.78, 5) is 12.6. The molecule has 3 aromatic rings. The van der Waals surface area contributed by atoms with Crippen LogP contribution in [0.3, 0.4) is 0 Å². The predicted octanol–water partition coefficient (Wildman–Crippen LogP) is 3.49. The highest BCUT2D eigenvalue weighted by atomic mass is 32.2. The first-order chi connectivity index (χ1) is 17.3. The van der Waals surface area contributed by atoms with Crippen LogP contribution in [0.1, 0.15) is 13.8 Å². The van der Waals surface area contributed by atoms with Crippen LogP contribution in [-0.2, 0) is 24.8 Å². The van der Waals surface area contributed by atoms with Crippen LogP contribution in [-0.4, -0.2) is 42.4 Å². The minimum Gasteiger partial charge on any atom is -0.495 e. The molecule has 0 aliphatic rings. The molecule has 0 bridgehead atoms. The zero-order valence-corrected chi connectivity index (χ0v) is 21.7. The first-order valence-electron chi connectivity index (χ1n) is 10.9. The van der Waals surface area contributed by atoms with Crippen LogP contribution >= 0.6 is 0 Å². The van der Waals surface area contributed by atoms with E-state index in [1.807, 2.05) is 0 Å². The van der Waals surface area contributed by atoms with E-state index >= 15 is 0 Å². The summed E-state index contributed by atoms with van der Waals surface area (Å²) in [6.07, 6.45) is 0. The molecule has 1 amide bonds. The quantitative estimate of drug-likeness (QED) is 0.396. The summed E-state index contributed by atoms with van der Waals surface area (Å²) in [6, 6.07) is 11.8. The lowest BCUT2D eigenvalue weighted by molar-refractivity contribution is -0.114. The fourth-order valence-corrected chi connectivity index (χ4v) is 6.00. The van der Waals surface area contributed by atoms with E-state index in [1.54, 1.807) is 13.8 Å². The van der Waals surface area contributed by atoms with Crippen molar-refractivity contribution in [1.29, 1.82) is 0 Å². The van der Waals surface area contributed by atoms with Crippen molar-refractivity contribution in [3.05, 3.63) is 78.4 Å². The lowest BCUT2D eigenvalue weighted by Gasteiger charge is -2.24. The van der Waals surface area contributed by atoms with Gasteiger partial charge < -0.3 is 10.1 Å². The Morgan fingerprint density at radius 3 is 1.97 bits per heavy atom. The van der Waals surface area contributed by atoms with Gasteiger partial charge in [-0.25, -0.2) is 30.3 Å². The van der Waals surface area contributed by atoms with Crippen LogP contribution < -0.4 is 19.1 Å². The maximum Gasteiger partial charge on any atom is 0.264 e. The Kier molecular flexibility index (Phi) is 8.51. The highest BCUT2D eigenvalue weighted by Gasteiger charge is 2.28. The van der Waals surface area contributed by atoms with E-state index in [0.29, 0.717) is 0 Å². The van der Waals surface area contributed by atoms with Gasteiger partial charge >= 0.3 is 0 Å². The number of methoxy groups -OCH3 is 1. The normalized spacial score (nSPS) is 11.8. The Bertz CT molecular complexity index is 1480. The van der Waals surface area contributed by atoms with Crippen LogP contribution in [0.5, 0.6) is 5.75 Å². The molecule has 0 radical (unpaired) electrons. The number of ether oxygens (including phenoxy) is 1. The molecule has 0 atom stereocenters. The van der Waals surface area contributed by atoms with Gasteiger partial charge in [0.25, 0.3) is 10.0 Å². The molecule has 9 nitrogen and oxygen atoms in total. The fraction of sp³-hybridized carbons (Fsp3) is 0.208. The highest BCUT2D eigenvalue weighted by Crippen LogP contribution is 2.29. The van der Waals surface area contributed by atoms with Crippen LogP contribution in [0.4, 0.5) is 20.2 Å². The van der Waals surface area contributed by atoms with E-state index in [2.05, 4.69) is 10.0 Å². The first-order valence-corrected chi connectivity index (χ1v) is 13.8. The number of carbonyl (C=O) groups is 1. The van der Waals surface area contributed by atoms with Crippen molar-refractivity contribution in [2.75, 3.05) is 23.3 Å². The molecule has 2 N–H and O–H groups in total. The predicted molar refractivity (Wildman–Crippen MR) is 134 cm³/mol. The van der Waals surface area contributed by atoms with Crippen LogP contribution in [0.2, 0.25) is 0 Å². The highest BCUT2D eigenvalue weighted by molar-refractivity contribution is 7.92. The maximum absolute atomic E-state index is 13.5. The maximum atomic E-state index is 13.5. The summed E-state index contributed by atoms with van der Waals surface area (Å²) in [5.74, 6) is -1.99. The van der Waals surface area contributed by atoms with Gasteiger partial charge in [0.15, 0.2) is 0 Å².